The number of carbonyl (C=O) groups excluding carboxylic acids is 2. The van der Waals surface area contributed by atoms with Crippen molar-refractivity contribution in [2.75, 3.05) is 25.6 Å². The van der Waals surface area contributed by atoms with Crippen LogP contribution in [0, 0.1) is 0 Å². The molecule has 1 saturated heterocycles. The van der Waals surface area contributed by atoms with Gasteiger partial charge in [0.1, 0.15) is 24.1 Å². The molecule has 1 aliphatic heterocycles. The van der Waals surface area contributed by atoms with Gasteiger partial charge in [0.2, 0.25) is 0 Å². The molecule has 10 heteroatoms. The molecule has 1 aliphatic rings. The molecule has 2 heterocycles. The average molecular weight is 508 g/mol. The second-order valence-electron chi connectivity index (χ2n) is 8.99. The van der Waals surface area contributed by atoms with E-state index >= 15 is 0 Å². The number of nitrogens with two attached hydrogens (primary N) is 1. The number of imidazole rings is 1. The Balaban J connectivity index is 1.44. The number of likely N-dealkylation sites (tertiary alicyclic amines) is 1. The summed E-state index contributed by atoms with van der Waals surface area (Å²) in [5.41, 5.74) is 7.86. The number of aromatic nitrogens is 2. The third-order valence-electron chi connectivity index (χ3n) is 6.38. The summed E-state index contributed by atoms with van der Waals surface area (Å²) in [6.07, 6.45) is 3.32. The number of methoxy groups -OCH3 is 1. The van der Waals surface area contributed by atoms with Crippen molar-refractivity contribution >= 4 is 17.7 Å². The Morgan fingerprint density at radius 3 is 2.57 bits per heavy atom. The number of carbonyl (C=O) groups is 2. The number of benzene rings is 2. The number of aliphatic hydroxyl groups excluding tert-OH is 1. The number of rotatable bonds is 11. The minimum absolute atomic E-state index is 0.138. The first-order valence-corrected chi connectivity index (χ1v) is 12.3. The highest BCUT2D eigenvalue weighted by atomic mass is 16.5. The number of ether oxygens (including phenoxy) is 2. The maximum atomic E-state index is 13.7. The highest BCUT2D eigenvalue weighted by Gasteiger charge is 2.39. The van der Waals surface area contributed by atoms with E-state index in [4.69, 9.17) is 15.2 Å². The van der Waals surface area contributed by atoms with Crippen molar-refractivity contribution in [3.63, 3.8) is 0 Å². The lowest BCUT2D eigenvalue weighted by molar-refractivity contribution is -0.151. The SMILES string of the molecule is COC(=O)[C@@H]1CCCN1C(=O)C(c1ccccc1)n1cnc(N[C@@H](O)[C@H](N)COCc2ccccc2)c1. The highest BCUT2D eigenvalue weighted by Crippen LogP contribution is 2.28. The molecule has 37 heavy (non-hydrogen) atoms. The van der Waals surface area contributed by atoms with E-state index < -0.39 is 30.3 Å². The van der Waals surface area contributed by atoms with Gasteiger partial charge in [0.25, 0.3) is 5.91 Å². The predicted molar refractivity (Wildman–Crippen MR) is 137 cm³/mol. The van der Waals surface area contributed by atoms with E-state index in [0.717, 1.165) is 17.5 Å². The van der Waals surface area contributed by atoms with Gasteiger partial charge in [0.05, 0.1) is 32.7 Å². The molecule has 0 aliphatic carbocycles. The van der Waals surface area contributed by atoms with E-state index in [2.05, 4.69) is 10.3 Å². The molecule has 0 bridgehead atoms. The standard InChI is InChI=1S/C27H33N5O5/c1-36-27(35)22-13-8-14-32(22)26(34)24(20-11-6-3-7-12-20)31-15-23(29-18-31)30-25(33)21(28)17-37-16-19-9-4-2-5-10-19/h2-7,9-12,15,18,21-22,24-25,30,33H,8,13-14,16-17,28H2,1H3/t21-,22+,24?,25+/m1/s1. The van der Waals surface area contributed by atoms with Crippen LogP contribution in [0.5, 0.6) is 0 Å². The highest BCUT2D eigenvalue weighted by molar-refractivity contribution is 5.89. The smallest absolute Gasteiger partial charge is 0.328 e. The van der Waals surface area contributed by atoms with Crippen LogP contribution in [0.3, 0.4) is 0 Å². The van der Waals surface area contributed by atoms with Crippen LogP contribution in [0.25, 0.3) is 0 Å². The van der Waals surface area contributed by atoms with E-state index in [1.165, 1.54) is 13.4 Å². The number of hydrogen-bond acceptors (Lipinski definition) is 8. The number of nitrogens with zero attached hydrogens (tertiary/aromatic N) is 3. The van der Waals surface area contributed by atoms with Crippen molar-refractivity contribution < 1.29 is 24.2 Å². The molecule has 0 spiro atoms. The zero-order chi connectivity index (χ0) is 26.2. The van der Waals surface area contributed by atoms with Gasteiger partial charge in [0, 0.05) is 12.7 Å². The zero-order valence-corrected chi connectivity index (χ0v) is 20.8. The van der Waals surface area contributed by atoms with Gasteiger partial charge < -0.3 is 35.1 Å². The molecule has 1 aromatic heterocycles. The molecule has 1 unspecified atom stereocenters. The van der Waals surface area contributed by atoms with E-state index in [1.807, 2.05) is 60.7 Å². The lowest BCUT2D eigenvalue weighted by Crippen LogP contribution is -2.44. The minimum Gasteiger partial charge on any atom is -0.467 e. The Hall–Kier alpha value is -3.73. The third-order valence-corrected chi connectivity index (χ3v) is 6.38. The van der Waals surface area contributed by atoms with Gasteiger partial charge in [-0.05, 0) is 24.0 Å². The summed E-state index contributed by atoms with van der Waals surface area (Å²) < 4.78 is 12.2. The number of amides is 1. The summed E-state index contributed by atoms with van der Waals surface area (Å²) >= 11 is 0. The molecule has 0 radical (unpaired) electrons. The molecule has 4 N–H and O–H groups in total. The van der Waals surface area contributed by atoms with Gasteiger partial charge >= 0.3 is 5.97 Å². The fourth-order valence-electron chi connectivity index (χ4n) is 4.44. The fraction of sp³-hybridized carbons (Fsp3) is 0.370. The topological polar surface area (TPSA) is 132 Å². The second kappa shape index (κ2) is 12.5. The molecule has 3 aromatic rings. The van der Waals surface area contributed by atoms with Crippen LogP contribution >= 0.6 is 0 Å². The van der Waals surface area contributed by atoms with Crippen molar-refractivity contribution in [1.29, 1.82) is 0 Å². The van der Waals surface area contributed by atoms with Crippen molar-refractivity contribution in [3.8, 4) is 0 Å². The molecule has 10 nitrogen and oxygen atoms in total. The van der Waals surface area contributed by atoms with E-state index in [1.54, 1.807) is 15.7 Å². The summed E-state index contributed by atoms with van der Waals surface area (Å²) in [7, 11) is 1.33. The molecule has 196 valence electrons. The van der Waals surface area contributed by atoms with Crippen molar-refractivity contribution in [1.82, 2.24) is 14.5 Å². The lowest BCUT2D eigenvalue weighted by Gasteiger charge is -2.28. The van der Waals surface area contributed by atoms with Gasteiger partial charge in [-0.3, -0.25) is 4.79 Å². The van der Waals surface area contributed by atoms with E-state index in [9.17, 15) is 14.7 Å². The first kappa shape index (κ1) is 26.3. The maximum Gasteiger partial charge on any atom is 0.328 e. The van der Waals surface area contributed by atoms with Crippen LogP contribution in [0.4, 0.5) is 5.82 Å². The Morgan fingerprint density at radius 2 is 1.86 bits per heavy atom. The number of hydrogen-bond donors (Lipinski definition) is 3. The van der Waals surface area contributed by atoms with Gasteiger partial charge in [-0.15, -0.1) is 0 Å². The van der Waals surface area contributed by atoms with Gasteiger partial charge in [-0.2, -0.15) is 0 Å². The van der Waals surface area contributed by atoms with Crippen LogP contribution in [-0.4, -0.2) is 70.0 Å². The summed E-state index contributed by atoms with van der Waals surface area (Å²) in [5.74, 6) is -0.294. The van der Waals surface area contributed by atoms with Crippen LogP contribution in [0.2, 0.25) is 0 Å². The Kier molecular flexibility index (Phi) is 8.89. The first-order valence-electron chi connectivity index (χ1n) is 12.3. The van der Waals surface area contributed by atoms with Crippen molar-refractivity contribution in [2.45, 2.75) is 43.8 Å². The molecule has 1 amide bonds. The number of nitrogens with one attached hydrogen (secondary N) is 1. The zero-order valence-electron chi connectivity index (χ0n) is 20.8. The van der Waals surface area contributed by atoms with E-state index in [0.29, 0.717) is 25.4 Å². The summed E-state index contributed by atoms with van der Waals surface area (Å²) in [4.78, 5) is 31.9. The minimum atomic E-state index is -1.12. The summed E-state index contributed by atoms with van der Waals surface area (Å²) in [6.45, 7) is 0.997. The normalized spacial score (nSPS) is 17.7. The van der Waals surface area contributed by atoms with Crippen LogP contribution in [-0.2, 0) is 25.7 Å². The number of aliphatic hydroxyl groups is 1. The van der Waals surface area contributed by atoms with Crippen LogP contribution in [0.15, 0.2) is 73.2 Å². The molecular weight excluding hydrogens is 474 g/mol. The van der Waals surface area contributed by atoms with Crippen molar-refractivity contribution in [2.24, 2.45) is 5.73 Å². The molecule has 4 atom stereocenters. The molecule has 4 rings (SSSR count). The van der Waals surface area contributed by atoms with Crippen LogP contribution in [0.1, 0.15) is 30.0 Å². The third kappa shape index (κ3) is 6.53. The van der Waals surface area contributed by atoms with Gasteiger partial charge in [-0.1, -0.05) is 60.7 Å². The van der Waals surface area contributed by atoms with Crippen molar-refractivity contribution in [3.05, 3.63) is 84.3 Å². The monoisotopic (exact) mass is 507 g/mol. The maximum absolute atomic E-state index is 13.7. The number of esters is 1. The Labute approximate surface area is 216 Å². The van der Waals surface area contributed by atoms with Gasteiger partial charge in [-0.25, -0.2) is 9.78 Å². The second-order valence-corrected chi connectivity index (χ2v) is 8.99. The average Bonchev–Trinajstić information content (AvgIpc) is 3.60. The van der Waals surface area contributed by atoms with Crippen LogP contribution < -0.4 is 11.1 Å². The molecular formula is C27H33N5O5. The first-order chi connectivity index (χ1) is 18.0. The number of anilines is 1. The largest absolute Gasteiger partial charge is 0.467 e. The fourth-order valence-corrected chi connectivity index (χ4v) is 4.44. The quantitative estimate of drug-likeness (QED) is 0.265. The van der Waals surface area contributed by atoms with E-state index in [-0.39, 0.29) is 12.5 Å². The van der Waals surface area contributed by atoms with Gasteiger partial charge in [0.15, 0.2) is 0 Å². The predicted octanol–water partition coefficient (Wildman–Crippen LogP) is 1.91. The molecule has 1 fully saturated rings. The lowest BCUT2D eigenvalue weighted by atomic mass is 10.0. The molecule has 0 saturated carbocycles. The molecule has 2 aromatic carbocycles. The Morgan fingerprint density at radius 1 is 1.16 bits per heavy atom. The Bertz CT molecular complexity index is 1160. The summed E-state index contributed by atoms with van der Waals surface area (Å²) in [5, 5.41) is 13.4. The summed E-state index contributed by atoms with van der Waals surface area (Å²) in [6, 6.07) is 16.9.